The van der Waals surface area contributed by atoms with Crippen LogP contribution in [0.3, 0.4) is 0 Å². The van der Waals surface area contributed by atoms with Gasteiger partial charge in [-0.25, -0.2) is 30.0 Å². The normalized spacial score (nSPS) is 39.0. The monoisotopic (exact) mass is 1130 g/mol. The SMILES string of the molecule is CC1CC(C)C(NC2NC(NC3C(C)CC(C)CC3C)C(C(N)=O)C(C)C2N=Nc2c(C#N)c(C(C)(C)C)nn2C2=NC3CCC(S(=O)(=O)NC4CC(S(=O)(=O)[O-])CCC4S(=O)(=O)[O-])CC3S2)C(C)C1.[K+].[K+]. The first kappa shape index (κ1) is 63.5. The Morgan fingerprint density at radius 3 is 1.85 bits per heavy atom. The molecule has 6 N–H and O–H groups in total. The second-order valence-corrected chi connectivity index (χ2v) is 29.6. The summed E-state index contributed by atoms with van der Waals surface area (Å²) in [5.74, 6) is 1.25. The van der Waals surface area contributed by atoms with Crippen LogP contribution in [0.15, 0.2) is 15.2 Å². The van der Waals surface area contributed by atoms with Gasteiger partial charge in [0, 0.05) is 28.8 Å². The predicted molar refractivity (Wildman–Crippen MR) is 266 cm³/mol. The number of nitrogens with one attached hydrogen (secondary N) is 4. The van der Waals surface area contributed by atoms with Crippen molar-refractivity contribution in [3.8, 4) is 6.07 Å². The van der Waals surface area contributed by atoms with Crippen molar-refractivity contribution >= 4 is 58.9 Å². The van der Waals surface area contributed by atoms with Crippen LogP contribution >= 0.6 is 11.8 Å². The van der Waals surface area contributed by atoms with Gasteiger partial charge < -0.3 is 14.8 Å². The molecule has 3 heterocycles. The van der Waals surface area contributed by atoms with Crippen molar-refractivity contribution in [3.63, 3.8) is 0 Å². The number of aromatic nitrogens is 2. The maximum atomic E-state index is 14.0. The minimum absolute atomic E-state index is 0. The molecule has 394 valence electrons. The van der Waals surface area contributed by atoms with Crippen LogP contribution in [0, 0.1) is 58.7 Å². The van der Waals surface area contributed by atoms with Crippen molar-refractivity contribution in [2.45, 2.75) is 202 Å². The van der Waals surface area contributed by atoms with Gasteiger partial charge in [0.2, 0.25) is 15.9 Å². The molecule has 1 saturated heterocycles. The molecule has 1 aromatic heterocycles. The van der Waals surface area contributed by atoms with E-state index in [1.165, 1.54) is 16.4 Å². The summed E-state index contributed by atoms with van der Waals surface area (Å²) in [6.45, 7) is 21.4. The summed E-state index contributed by atoms with van der Waals surface area (Å²) >= 11 is 1.27. The van der Waals surface area contributed by atoms with Crippen molar-refractivity contribution in [2.75, 3.05) is 0 Å². The molecular formula is C46H75K2N11O9S4. The Bertz CT molecular complexity index is 2540. The largest absolute Gasteiger partial charge is 1.00 e. The van der Waals surface area contributed by atoms with Crippen LogP contribution in [0.2, 0.25) is 0 Å². The molecular weight excluding hydrogens is 1060 g/mol. The average Bonchev–Trinajstić information content (AvgIpc) is 3.83. The summed E-state index contributed by atoms with van der Waals surface area (Å²) in [6, 6.07) is 0.0369. The smallest absolute Gasteiger partial charge is 0.748 e. The second kappa shape index (κ2) is 25.0. The topological polar surface area (TPSA) is 318 Å². The molecule has 1 amide bonds. The molecule has 72 heavy (non-hydrogen) atoms. The van der Waals surface area contributed by atoms with E-state index in [9.17, 15) is 44.4 Å². The Kier molecular flexibility index (Phi) is 22.0. The third kappa shape index (κ3) is 14.3. The van der Waals surface area contributed by atoms with Gasteiger partial charge in [-0.3, -0.25) is 25.7 Å². The molecule has 0 aromatic carbocycles. The van der Waals surface area contributed by atoms with Crippen LogP contribution in [-0.4, -0.2) is 119 Å². The molecule has 5 fully saturated rings. The molecule has 0 radical (unpaired) electrons. The Labute approximate surface area is 517 Å². The van der Waals surface area contributed by atoms with E-state index < -0.39 is 112 Å². The number of piperidine rings is 1. The minimum atomic E-state index is -5.05. The number of nitrogens with two attached hydrogens (primary N) is 1. The third-order valence-corrected chi connectivity index (χ3v) is 22.2. The van der Waals surface area contributed by atoms with Gasteiger partial charge in [-0.15, -0.1) is 5.11 Å². The maximum absolute atomic E-state index is 14.0. The minimum Gasteiger partial charge on any atom is -0.748 e. The zero-order valence-electron chi connectivity index (χ0n) is 44.1. The number of amides is 1. The first-order valence-electron chi connectivity index (χ1n) is 25.2. The van der Waals surface area contributed by atoms with E-state index in [-0.39, 0.29) is 152 Å². The maximum Gasteiger partial charge on any atom is 1.00 e. The quantitative estimate of drug-likeness (QED) is 0.0892. The van der Waals surface area contributed by atoms with E-state index in [1.54, 1.807) is 0 Å². The predicted octanol–water partition coefficient (Wildman–Crippen LogP) is -1.63. The molecule has 20 nitrogen and oxygen atoms in total. The Morgan fingerprint density at radius 1 is 0.806 bits per heavy atom. The molecule has 1 aromatic rings. The summed E-state index contributed by atoms with van der Waals surface area (Å²) in [4.78, 5) is 18.6. The number of primary amides is 1. The number of carbonyl (C=O) groups excluding carboxylic acids is 1. The number of nitrogens with zero attached hydrogens (tertiary/aromatic N) is 6. The van der Waals surface area contributed by atoms with Gasteiger partial charge in [0.15, 0.2) is 11.0 Å². The number of carbonyl (C=O) groups is 1. The Hall–Kier alpha value is 0.673. The van der Waals surface area contributed by atoms with Crippen LogP contribution in [0.4, 0.5) is 5.82 Å². The number of nitriles is 1. The summed E-state index contributed by atoms with van der Waals surface area (Å²) in [5.41, 5.74) is 6.31. The molecule has 15 atom stereocenters. The first-order valence-corrected chi connectivity index (χ1v) is 30.5. The average molecular weight is 1130 g/mol. The standard InChI is InChI=1S/C46H77N11O9S4.2K/c1-22-15-24(3)37(25(4)16-22)50-42-36(41(48)58)28(7)39(43(52-42)51-38-26(5)17-23(2)18-27(38)6)53-54-44-31(21-47)40(46(8,9)10)55-57(44)45-49-32-13-11-29(20-34(32)67-45)68(59,60)56-33-19-30(69(61,62)63)12-14-35(33)70(64,65)66;;/h22-30,32-39,42-43,50-52,56H,11-20H2,1-10H3,(H2,48,58)(H,61,62,63)(H,64,65,66);;/q;2*+1/p-2. The number of rotatable bonds is 12. The molecule has 0 spiro atoms. The summed E-state index contributed by atoms with van der Waals surface area (Å²) in [5, 5.41) is 32.9. The van der Waals surface area contributed by atoms with Gasteiger partial charge >= 0.3 is 103 Å². The Morgan fingerprint density at radius 2 is 1.35 bits per heavy atom. The zero-order chi connectivity index (χ0) is 51.6. The fraction of sp³-hybridized carbons (Fsp3) is 0.870. The van der Waals surface area contributed by atoms with Crippen molar-refractivity contribution < 1.29 is 142 Å². The number of fused-ring (bicyclic) bond motifs is 1. The molecule has 6 aliphatic rings. The Balaban J connectivity index is 0.00000481. The number of thioether (sulfide) groups is 1. The molecule has 2 aliphatic heterocycles. The van der Waals surface area contributed by atoms with Gasteiger partial charge in [-0.1, -0.05) is 81.0 Å². The summed E-state index contributed by atoms with van der Waals surface area (Å²) < 4.78 is 104. The number of aliphatic imine (C=N–C) groups is 1. The van der Waals surface area contributed by atoms with Crippen LogP contribution < -0.4 is 129 Å². The molecule has 7 rings (SSSR count). The molecule has 0 bridgehead atoms. The van der Waals surface area contributed by atoms with Crippen molar-refractivity contribution in [3.05, 3.63) is 11.3 Å². The van der Waals surface area contributed by atoms with Gasteiger partial charge in [0.25, 0.3) is 0 Å². The molecule has 15 unspecified atom stereocenters. The van der Waals surface area contributed by atoms with Crippen molar-refractivity contribution in [2.24, 2.45) is 68.3 Å². The van der Waals surface area contributed by atoms with Crippen LogP contribution in [-0.2, 0) is 40.5 Å². The first-order chi connectivity index (χ1) is 32.5. The molecule has 26 heteroatoms. The number of hydrogen-bond acceptors (Lipinski definition) is 18. The van der Waals surface area contributed by atoms with E-state index in [0.29, 0.717) is 52.8 Å². The van der Waals surface area contributed by atoms with Gasteiger partial charge in [0.1, 0.15) is 17.7 Å². The number of azo groups is 1. The van der Waals surface area contributed by atoms with E-state index in [1.807, 2.05) is 27.7 Å². The fourth-order valence-electron chi connectivity index (χ4n) is 13.2. The van der Waals surface area contributed by atoms with Crippen LogP contribution in [0.5, 0.6) is 0 Å². The van der Waals surface area contributed by atoms with Crippen LogP contribution in [0.25, 0.3) is 0 Å². The van der Waals surface area contributed by atoms with E-state index >= 15 is 0 Å². The summed E-state index contributed by atoms with van der Waals surface area (Å²) in [6.07, 6.45) is 2.40. The number of sulfonamides is 1. The van der Waals surface area contributed by atoms with Gasteiger partial charge in [0.05, 0.1) is 66.0 Å². The van der Waals surface area contributed by atoms with E-state index in [0.717, 1.165) is 25.7 Å². The van der Waals surface area contributed by atoms with Crippen molar-refractivity contribution in [1.29, 1.82) is 5.26 Å². The fourth-order valence-corrected chi connectivity index (χ4v) is 18.4. The second-order valence-electron chi connectivity index (χ2n) is 23.2. The van der Waals surface area contributed by atoms with Gasteiger partial charge in [-0.05, 0) is 106 Å². The molecule has 4 saturated carbocycles. The zero-order valence-corrected chi connectivity index (χ0v) is 53.6. The van der Waals surface area contributed by atoms with Gasteiger partial charge in [-0.2, -0.15) is 20.2 Å². The summed E-state index contributed by atoms with van der Waals surface area (Å²) in [7, 11) is -14.3. The molecule has 4 aliphatic carbocycles. The number of hydrogen-bond donors (Lipinski definition) is 5. The van der Waals surface area contributed by atoms with Crippen LogP contribution in [0.1, 0.15) is 145 Å². The van der Waals surface area contributed by atoms with Crippen molar-refractivity contribution in [1.82, 2.24) is 30.5 Å². The van der Waals surface area contributed by atoms with E-state index in [4.69, 9.17) is 26.1 Å². The van der Waals surface area contributed by atoms with E-state index in [2.05, 4.69) is 68.3 Å². The third-order valence-electron chi connectivity index (χ3n) is 16.5.